The van der Waals surface area contributed by atoms with Gasteiger partial charge in [-0.1, -0.05) is 75.2 Å². The van der Waals surface area contributed by atoms with E-state index in [0.29, 0.717) is 0 Å². The van der Waals surface area contributed by atoms with Gasteiger partial charge in [0.25, 0.3) is 0 Å². The Morgan fingerprint density at radius 1 is 0.733 bits per heavy atom. The second kappa shape index (κ2) is 16.4. The first kappa shape index (κ1) is 20.4. The molecule has 0 heteroatoms. The fourth-order valence-electron chi connectivity index (χ4n) is 1.02. The molecule has 0 nitrogen and oxygen atoms in total. The average molecular weight is 216 g/mol. The first-order valence-corrected chi connectivity index (χ1v) is 6.95. The molecule has 0 amide bonds. The molecule has 0 fully saturated rings. The van der Waals surface area contributed by atoms with Crippen molar-refractivity contribution in [1.82, 2.24) is 0 Å². The van der Waals surface area contributed by atoms with Crippen molar-refractivity contribution < 1.29 is 0 Å². The van der Waals surface area contributed by atoms with E-state index >= 15 is 0 Å². The molecule has 0 bridgehead atoms. The van der Waals surface area contributed by atoms with Gasteiger partial charge in [0.1, 0.15) is 0 Å². The second-order valence-corrected chi connectivity index (χ2v) is 4.85. The summed E-state index contributed by atoms with van der Waals surface area (Å²) in [6.45, 7) is 19.9. The van der Waals surface area contributed by atoms with E-state index in [2.05, 4.69) is 48.5 Å². The van der Waals surface area contributed by atoms with Crippen LogP contribution in [0.1, 0.15) is 81.6 Å². The van der Waals surface area contributed by atoms with Crippen LogP contribution in [0.3, 0.4) is 0 Å². The zero-order valence-corrected chi connectivity index (χ0v) is 12.9. The van der Waals surface area contributed by atoms with E-state index in [1.807, 2.05) is 13.8 Å². The molecule has 0 aromatic rings. The molecule has 0 saturated carbocycles. The molecular formula is C15H36. The molecule has 0 saturated heterocycles. The lowest BCUT2D eigenvalue weighted by Crippen LogP contribution is -2.06. The molecule has 0 aromatic heterocycles. The van der Waals surface area contributed by atoms with Crippen molar-refractivity contribution in [2.24, 2.45) is 17.8 Å². The number of unbranched alkanes of at least 4 members (excludes halogenated alkanes) is 1. The van der Waals surface area contributed by atoms with Gasteiger partial charge in [-0.3, -0.25) is 0 Å². The summed E-state index contributed by atoms with van der Waals surface area (Å²) in [5.74, 6) is 2.61. The van der Waals surface area contributed by atoms with E-state index in [1.54, 1.807) is 0 Å². The SMILES string of the molecule is CC.CC(C)CC(C)C(C)C.CCCC. The predicted octanol–water partition coefficient (Wildman–Crippen LogP) is 6.16. The maximum atomic E-state index is 2.34. The lowest BCUT2D eigenvalue weighted by Gasteiger charge is -2.16. The van der Waals surface area contributed by atoms with Crippen LogP contribution in [0.15, 0.2) is 0 Å². The van der Waals surface area contributed by atoms with Crippen LogP contribution in [0.2, 0.25) is 0 Å². The van der Waals surface area contributed by atoms with Gasteiger partial charge in [0.05, 0.1) is 0 Å². The molecule has 0 aliphatic rings. The van der Waals surface area contributed by atoms with Crippen molar-refractivity contribution in [1.29, 1.82) is 0 Å². The minimum Gasteiger partial charge on any atom is -0.0683 e. The number of hydrogen-bond acceptors (Lipinski definition) is 0. The lowest BCUT2D eigenvalue weighted by atomic mass is 9.90. The van der Waals surface area contributed by atoms with Crippen molar-refractivity contribution in [3.63, 3.8) is 0 Å². The Morgan fingerprint density at radius 3 is 1.13 bits per heavy atom. The van der Waals surface area contributed by atoms with Gasteiger partial charge in [0.2, 0.25) is 0 Å². The summed E-state index contributed by atoms with van der Waals surface area (Å²) >= 11 is 0. The maximum absolute atomic E-state index is 2.34. The normalized spacial score (nSPS) is 11.4. The number of rotatable bonds is 4. The molecule has 0 aromatic carbocycles. The fourth-order valence-corrected chi connectivity index (χ4v) is 1.02. The van der Waals surface area contributed by atoms with Crippen LogP contribution >= 0.6 is 0 Å². The molecule has 0 N–H and O–H groups in total. The lowest BCUT2D eigenvalue weighted by molar-refractivity contribution is 0.344. The van der Waals surface area contributed by atoms with E-state index < -0.39 is 0 Å². The third-order valence-electron chi connectivity index (χ3n) is 2.48. The Bertz CT molecular complexity index is 80.0. The highest BCUT2D eigenvalue weighted by Gasteiger charge is 2.07. The van der Waals surface area contributed by atoms with E-state index in [1.165, 1.54) is 19.3 Å². The zero-order chi connectivity index (χ0) is 12.9. The van der Waals surface area contributed by atoms with Gasteiger partial charge in [-0.2, -0.15) is 0 Å². The second-order valence-electron chi connectivity index (χ2n) is 4.85. The largest absolute Gasteiger partial charge is 0.0683 e. The van der Waals surface area contributed by atoms with E-state index in [-0.39, 0.29) is 0 Å². The van der Waals surface area contributed by atoms with Crippen LogP contribution in [0.5, 0.6) is 0 Å². The predicted molar refractivity (Wildman–Crippen MR) is 75.4 cm³/mol. The van der Waals surface area contributed by atoms with Gasteiger partial charge in [-0.25, -0.2) is 0 Å². The molecule has 0 aliphatic carbocycles. The summed E-state index contributed by atoms with van der Waals surface area (Å²) in [6.07, 6.45) is 4.01. The Morgan fingerprint density at radius 2 is 1.07 bits per heavy atom. The summed E-state index contributed by atoms with van der Waals surface area (Å²) < 4.78 is 0. The Kier molecular flexibility index (Phi) is 22.4. The standard InChI is InChI=1S/C9H20.C4H10.C2H6/c1-7(2)6-9(5)8(3)4;1-3-4-2;1-2/h7-9H,6H2,1-5H3;3-4H2,1-2H3;1-2H3. The van der Waals surface area contributed by atoms with Gasteiger partial charge >= 0.3 is 0 Å². The molecule has 0 spiro atoms. The van der Waals surface area contributed by atoms with E-state index in [0.717, 1.165) is 17.8 Å². The van der Waals surface area contributed by atoms with Crippen molar-refractivity contribution in [2.75, 3.05) is 0 Å². The smallest absolute Gasteiger partial charge is 0.0417 e. The summed E-state index contributed by atoms with van der Waals surface area (Å²) in [6, 6.07) is 0. The molecule has 0 rings (SSSR count). The zero-order valence-electron chi connectivity index (χ0n) is 12.9. The summed E-state index contributed by atoms with van der Waals surface area (Å²) in [7, 11) is 0. The highest BCUT2D eigenvalue weighted by atomic mass is 14.1. The summed E-state index contributed by atoms with van der Waals surface area (Å²) in [5.41, 5.74) is 0. The Hall–Kier alpha value is 0. The quantitative estimate of drug-likeness (QED) is 0.528. The molecular weight excluding hydrogens is 180 g/mol. The maximum Gasteiger partial charge on any atom is -0.0417 e. The third kappa shape index (κ3) is 24.9. The monoisotopic (exact) mass is 216 g/mol. The highest BCUT2D eigenvalue weighted by molar-refractivity contribution is 4.58. The van der Waals surface area contributed by atoms with Crippen LogP contribution in [0, 0.1) is 17.8 Å². The fraction of sp³-hybridized carbons (Fsp3) is 1.00. The van der Waals surface area contributed by atoms with E-state index in [4.69, 9.17) is 0 Å². The van der Waals surface area contributed by atoms with Gasteiger partial charge in [-0.05, 0) is 24.2 Å². The van der Waals surface area contributed by atoms with E-state index in [9.17, 15) is 0 Å². The Labute approximate surface area is 99.9 Å². The molecule has 15 heavy (non-hydrogen) atoms. The molecule has 0 aliphatic heterocycles. The van der Waals surface area contributed by atoms with Crippen LogP contribution in [-0.4, -0.2) is 0 Å². The molecule has 0 heterocycles. The van der Waals surface area contributed by atoms with Gasteiger partial charge in [0.15, 0.2) is 0 Å². The van der Waals surface area contributed by atoms with Gasteiger partial charge in [-0.15, -0.1) is 0 Å². The van der Waals surface area contributed by atoms with Crippen molar-refractivity contribution in [3.8, 4) is 0 Å². The molecule has 1 unspecified atom stereocenters. The molecule has 96 valence electrons. The molecule has 0 radical (unpaired) electrons. The van der Waals surface area contributed by atoms with Gasteiger partial charge in [0, 0.05) is 0 Å². The van der Waals surface area contributed by atoms with Crippen molar-refractivity contribution >= 4 is 0 Å². The van der Waals surface area contributed by atoms with Crippen LogP contribution < -0.4 is 0 Å². The summed E-state index contributed by atoms with van der Waals surface area (Å²) in [5, 5.41) is 0. The van der Waals surface area contributed by atoms with Crippen molar-refractivity contribution in [3.05, 3.63) is 0 Å². The first-order chi connectivity index (χ1) is 6.95. The van der Waals surface area contributed by atoms with Crippen LogP contribution in [0.25, 0.3) is 0 Å². The first-order valence-electron chi connectivity index (χ1n) is 6.95. The molecule has 1 atom stereocenters. The summed E-state index contributed by atoms with van der Waals surface area (Å²) in [4.78, 5) is 0. The Balaban J connectivity index is -0.000000202. The highest BCUT2D eigenvalue weighted by Crippen LogP contribution is 2.18. The number of hydrogen-bond donors (Lipinski definition) is 0. The average Bonchev–Trinajstić information content (AvgIpc) is 2.20. The minimum absolute atomic E-state index is 0.854. The van der Waals surface area contributed by atoms with Gasteiger partial charge < -0.3 is 0 Å². The van der Waals surface area contributed by atoms with Crippen LogP contribution in [-0.2, 0) is 0 Å². The topological polar surface area (TPSA) is 0 Å². The third-order valence-corrected chi connectivity index (χ3v) is 2.48. The minimum atomic E-state index is 0.854. The van der Waals surface area contributed by atoms with Crippen molar-refractivity contribution in [2.45, 2.75) is 81.6 Å². The van der Waals surface area contributed by atoms with Crippen LogP contribution in [0.4, 0.5) is 0 Å².